The highest BCUT2D eigenvalue weighted by Crippen LogP contribution is 2.21. The maximum Gasteiger partial charge on any atom is 0.105 e. The first kappa shape index (κ1) is 21.1. The SMILES string of the molecule is CCCC[C@@H](C)/C=C(/C)[Si](C)(C)COC[C@@H](OC)c1ccccc1. The van der Waals surface area contributed by atoms with Crippen molar-refractivity contribution in [1.82, 2.24) is 0 Å². The summed E-state index contributed by atoms with van der Waals surface area (Å²) in [6.45, 7) is 12.3. The molecule has 0 heterocycles. The molecule has 2 atom stereocenters. The van der Waals surface area contributed by atoms with E-state index in [1.54, 1.807) is 12.3 Å². The molecule has 24 heavy (non-hydrogen) atoms. The molecule has 0 aliphatic heterocycles. The van der Waals surface area contributed by atoms with Crippen molar-refractivity contribution in [3.63, 3.8) is 0 Å². The van der Waals surface area contributed by atoms with Crippen molar-refractivity contribution in [2.24, 2.45) is 5.92 Å². The number of ether oxygens (including phenoxy) is 2. The Hall–Kier alpha value is -0.903. The zero-order valence-electron chi connectivity index (χ0n) is 16.5. The highest BCUT2D eigenvalue weighted by atomic mass is 28.3. The van der Waals surface area contributed by atoms with Crippen LogP contribution in [-0.4, -0.2) is 28.0 Å². The Labute approximate surface area is 150 Å². The summed E-state index contributed by atoms with van der Waals surface area (Å²) < 4.78 is 11.7. The van der Waals surface area contributed by atoms with Crippen LogP contribution in [0.25, 0.3) is 0 Å². The molecule has 0 saturated heterocycles. The van der Waals surface area contributed by atoms with E-state index in [1.807, 2.05) is 18.2 Å². The van der Waals surface area contributed by atoms with Crippen LogP contribution >= 0.6 is 0 Å². The van der Waals surface area contributed by atoms with E-state index in [1.165, 1.54) is 24.8 Å². The third-order valence-corrected chi connectivity index (χ3v) is 8.03. The monoisotopic (exact) mass is 348 g/mol. The predicted molar refractivity (Wildman–Crippen MR) is 107 cm³/mol. The molecule has 3 heteroatoms. The molecule has 136 valence electrons. The molecule has 0 aliphatic rings. The summed E-state index contributed by atoms with van der Waals surface area (Å²) >= 11 is 0. The molecular formula is C21H36O2Si. The van der Waals surface area contributed by atoms with Gasteiger partial charge in [0.15, 0.2) is 0 Å². The summed E-state index contributed by atoms with van der Waals surface area (Å²) in [7, 11) is 0.248. The topological polar surface area (TPSA) is 18.5 Å². The van der Waals surface area contributed by atoms with Gasteiger partial charge in [-0.2, -0.15) is 0 Å². The van der Waals surface area contributed by atoms with E-state index in [9.17, 15) is 0 Å². The lowest BCUT2D eigenvalue weighted by Crippen LogP contribution is -2.36. The molecule has 0 amide bonds. The van der Waals surface area contributed by atoms with E-state index in [0.29, 0.717) is 12.5 Å². The van der Waals surface area contributed by atoms with Crippen LogP contribution in [0, 0.1) is 5.92 Å². The fourth-order valence-corrected chi connectivity index (χ4v) is 4.36. The normalized spacial score (nSPS) is 15.3. The van der Waals surface area contributed by atoms with Crippen LogP contribution < -0.4 is 0 Å². The third-order valence-electron chi connectivity index (χ3n) is 4.80. The maximum atomic E-state index is 6.09. The van der Waals surface area contributed by atoms with Gasteiger partial charge in [0.25, 0.3) is 0 Å². The fourth-order valence-electron chi connectivity index (χ4n) is 2.76. The lowest BCUT2D eigenvalue weighted by atomic mass is 10.0. The summed E-state index contributed by atoms with van der Waals surface area (Å²) in [5, 5.41) is 1.56. The lowest BCUT2D eigenvalue weighted by Gasteiger charge is -2.26. The number of unbranched alkanes of at least 4 members (excludes halogenated alkanes) is 1. The first-order valence-corrected chi connectivity index (χ1v) is 12.5. The molecule has 1 aromatic rings. The van der Waals surface area contributed by atoms with Gasteiger partial charge < -0.3 is 9.47 Å². The number of benzene rings is 1. The summed E-state index contributed by atoms with van der Waals surface area (Å²) in [5.41, 5.74) is 1.18. The zero-order chi connectivity index (χ0) is 18.0. The van der Waals surface area contributed by atoms with E-state index in [2.05, 4.69) is 52.1 Å². The minimum Gasteiger partial charge on any atom is -0.381 e. The Morgan fingerprint density at radius 2 is 1.88 bits per heavy atom. The van der Waals surface area contributed by atoms with Gasteiger partial charge in [0, 0.05) is 13.3 Å². The average molecular weight is 349 g/mol. The van der Waals surface area contributed by atoms with Gasteiger partial charge in [-0.1, -0.05) is 81.4 Å². The molecule has 0 saturated carbocycles. The van der Waals surface area contributed by atoms with Gasteiger partial charge in [0.2, 0.25) is 0 Å². The molecule has 0 spiro atoms. The van der Waals surface area contributed by atoms with Crippen molar-refractivity contribution in [3.05, 3.63) is 47.2 Å². The first-order chi connectivity index (χ1) is 11.4. The Morgan fingerprint density at radius 3 is 2.46 bits per heavy atom. The van der Waals surface area contributed by atoms with Crippen molar-refractivity contribution >= 4 is 8.07 Å². The van der Waals surface area contributed by atoms with Gasteiger partial charge in [-0.05, 0) is 24.8 Å². The molecule has 2 nitrogen and oxygen atoms in total. The van der Waals surface area contributed by atoms with Crippen LogP contribution in [0.15, 0.2) is 41.6 Å². The number of methoxy groups -OCH3 is 1. The molecule has 0 radical (unpaired) electrons. The van der Waals surface area contributed by atoms with Crippen LogP contribution in [0.3, 0.4) is 0 Å². The second-order valence-electron chi connectivity index (χ2n) is 7.50. The Bertz CT molecular complexity index is 482. The summed E-state index contributed by atoms with van der Waals surface area (Å²) in [4.78, 5) is 0. The van der Waals surface area contributed by atoms with Crippen molar-refractivity contribution in [2.45, 2.75) is 59.2 Å². The van der Waals surface area contributed by atoms with Crippen molar-refractivity contribution < 1.29 is 9.47 Å². The number of allylic oxidation sites excluding steroid dienone is 2. The maximum absolute atomic E-state index is 6.09. The highest BCUT2D eigenvalue weighted by molar-refractivity contribution is 6.84. The third kappa shape index (κ3) is 7.33. The van der Waals surface area contributed by atoms with Crippen LogP contribution in [0.4, 0.5) is 0 Å². The minimum absolute atomic E-state index is 0.0174. The van der Waals surface area contributed by atoms with Gasteiger partial charge in [-0.25, -0.2) is 0 Å². The van der Waals surface area contributed by atoms with E-state index in [0.717, 1.165) is 6.23 Å². The highest BCUT2D eigenvalue weighted by Gasteiger charge is 2.24. The predicted octanol–water partition coefficient (Wildman–Crippen LogP) is 5.95. The standard InChI is InChI=1S/C21H36O2Si/c1-7-8-12-18(2)15-19(3)24(5,6)17-23-16-21(22-4)20-13-10-9-11-14-20/h9-11,13-15,18,21H,7-8,12,16-17H2,1-6H3/b19-15-/t18-,21-/m1/s1. The molecule has 0 aliphatic carbocycles. The Balaban J connectivity index is 2.53. The molecule has 1 aromatic carbocycles. The second kappa shape index (κ2) is 10.9. The number of rotatable bonds is 11. The first-order valence-electron chi connectivity index (χ1n) is 9.25. The lowest BCUT2D eigenvalue weighted by molar-refractivity contribution is 0.0199. The molecule has 0 N–H and O–H groups in total. The summed E-state index contributed by atoms with van der Waals surface area (Å²) in [5.74, 6) is 0.674. The van der Waals surface area contributed by atoms with Crippen LogP contribution in [-0.2, 0) is 9.47 Å². The molecule has 0 unspecified atom stereocenters. The second-order valence-corrected chi connectivity index (χ2v) is 12.3. The molecular weight excluding hydrogens is 312 g/mol. The van der Waals surface area contributed by atoms with E-state index >= 15 is 0 Å². The summed E-state index contributed by atoms with van der Waals surface area (Å²) in [6.07, 6.45) is 7.23. The molecule has 0 aromatic heterocycles. The fraction of sp³-hybridized carbons (Fsp3) is 0.619. The largest absolute Gasteiger partial charge is 0.381 e. The molecule has 1 rings (SSSR count). The van der Waals surface area contributed by atoms with Crippen molar-refractivity contribution in [1.29, 1.82) is 0 Å². The Morgan fingerprint density at radius 1 is 1.21 bits per heavy atom. The van der Waals surface area contributed by atoms with Crippen LogP contribution in [0.1, 0.15) is 51.7 Å². The van der Waals surface area contributed by atoms with Gasteiger partial charge in [-0.3, -0.25) is 0 Å². The van der Waals surface area contributed by atoms with E-state index in [-0.39, 0.29) is 6.10 Å². The van der Waals surface area contributed by atoms with E-state index < -0.39 is 8.07 Å². The van der Waals surface area contributed by atoms with Crippen molar-refractivity contribution in [3.8, 4) is 0 Å². The van der Waals surface area contributed by atoms with Gasteiger partial charge in [0.1, 0.15) is 14.2 Å². The Kier molecular flexibility index (Phi) is 9.56. The summed E-state index contributed by atoms with van der Waals surface area (Å²) in [6, 6.07) is 10.3. The van der Waals surface area contributed by atoms with Crippen molar-refractivity contribution in [2.75, 3.05) is 19.9 Å². The van der Waals surface area contributed by atoms with Crippen LogP contribution in [0.2, 0.25) is 13.1 Å². The number of hydrogen-bond donors (Lipinski definition) is 0. The van der Waals surface area contributed by atoms with Gasteiger partial charge >= 0.3 is 0 Å². The van der Waals surface area contributed by atoms with Crippen LogP contribution in [0.5, 0.6) is 0 Å². The van der Waals surface area contributed by atoms with Gasteiger partial charge in [-0.15, -0.1) is 0 Å². The van der Waals surface area contributed by atoms with E-state index in [4.69, 9.17) is 9.47 Å². The number of hydrogen-bond acceptors (Lipinski definition) is 2. The molecule has 0 bridgehead atoms. The molecule has 0 fully saturated rings. The average Bonchev–Trinajstić information content (AvgIpc) is 2.57. The smallest absolute Gasteiger partial charge is 0.105 e. The quantitative estimate of drug-likeness (QED) is 0.460. The minimum atomic E-state index is -1.51. The zero-order valence-corrected chi connectivity index (χ0v) is 17.5. The van der Waals surface area contributed by atoms with Gasteiger partial charge in [0.05, 0.1) is 6.61 Å².